The maximum absolute atomic E-state index is 10.9. The van der Waals surface area contributed by atoms with Crippen molar-refractivity contribution in [3.05, 3.63) is 11.8 Å². The van der Waals surface area contributed by atoms with E-state index in [4.69, 9.17) is 19.6 Å². The quantitative estimate of drug-likeness (QED) is 0.410. The number of nitrogens with one attached hydrogen (secondary N) is 2. The second-order valence-corrected chi connectivity index (χ2v) is 6.92. The van der Waals surface area contributed by atoms with Crippen LogP contribution in [0.1, 0.15) is 5.56 Å². The lowest BCUT2D eigenvalue weighted by atomic mass is 10.4. The normalized spacial score (nSPS) is 13.1. The number of anilines is 1. The molecule has 1 aromatic heterocycles. The summed E-state index contributed by atoms with van der Waals surface area (Å²) in [5.74, 6) is 0.0525. The minimum atomic E-state index is -4.98. The second-order valence-electron chi connectivity index (χ2n) is 3.12. The van der Waals surface area contributed by atoms with Gasteiger partial charge in [-0.25, -0.2) is 0 Å². The van der Waals surface area contributed by atoms with Crippen LogP contribution in [0.3, 0.4) is 0 Å². The number of hydrogen-bond donors (Lipinski definition) is 6. The molecule has 1 heterocycles. The predicted octanol–water partition coefficient (Wildman–Crippen LogP) is -0.231. The van der Waals surface area contributed by atoms with Gasteiger partial charge >= 0.3 is 15.2 Å². The summed E-state index contributed by atoms with van der Waals surface area (Å²) >= 11 is 0. The van der Waals surface area contributed by atoms with E-state index in [1.807, 2.05) is 0 Å². The Morgan fingerprint density at radius 2 is 1.81 bits per heavy atom. The fraction of sp³-hybridized carbons (Fsp3) is 0.400. The Bertz CT molecular complexity index is 438. The minimum absolute atomic E-state index is 0.0525. The highest BCUT2D eigenvalue weighted by atomic mass is 31.2. The summed E-state index contributed by atoms with van der Waals surface area (Å²) in [6.07, 6.45) is 1.35. The molecule has 92 valence electrons. The van der Waals surface area contributed by atoms with E-state index in [9.17, 15) is 9.13 Å². The van der Waals surface area contributed by atoms with Crippen molar-refractivity contribution >= 4 is 21.0 Å². The van der Waals surface area contributed by atoms with Crippen molar-refractivity contribution in [1.29, 1.82) is 0 Å². The van der Waals surface area contributed by atoms with Gasteiger partial charge in [-0.2, -0.15) is 5.10 Å². The summed E-state index contributed by atoms with van der Waals surface area (Å²) in [4.78, 5) is 35.3. The average molecular weight is 271 g/mol. The Labute approximate surface area is 90.2 Å². The molecule has 1 aromatic rings. The first kappa shape index (κ1) is 13.4. The van der Waals surface area contributed by atoms with Gasteiger partial charge in [0.1, 0.15) is 5.82 Å². The van der Waals surface area contributed by atoms with Gasteiger partial charge in [0.15, 0.2) is 0 Å². The first-order valence-corrected chi connectivity index (χ1v) is 7.35. The van der Waals surface area contributed by atoms with Crippen LogP contribution in [0.25, 0.3) is 0 Å². The second kappa shape index (κ2) is 4.29. The van der Waals surface area contributed by atoms with Crippen LogP contribution in [-0.4, -0.2) is 35.3 Å². The molecule has 0 saturated heterocycles. The van der Waals surface area contributed by atoms with Crippen molar-refractivity contribution in [1.82, 2.24) is 10.2 Å². The average Bonchev–Trinajstić information content (AvgIpc) is 2.42. The number of aromatic amines is 1. The molecule has 9 nitrogen and oxygen atoms in total. The van der Waals surface area contributed by atoms with Crippen molar-refractivity contribution in [2.45, 2.75) is 12.4 Å². The number of H-pyrrole nitrogens is 1. The third kappa shape index (κ3) is 3.15. The third-order valence-corrected chi connectivity index (χ3v) is 5.08. The SMILES string of the molecule is Cc1cn[nH]c1NC(P(=O)(O)O)P(=O)(O)O. The Morgan fingerprint density at radius 1 is 1.31 bits per heavy atom. The lowest BCUT2D eigenvalue weighted by Gasteiger charge is -2.20. The van der Waals surface area contributed by atoms with Crippen molar-refractivity contribution in [3.8, 4) is 0 Å². The standard InChI is InChI=1S/C5H11N3O6P2/c1-3-2-6-8-4(3)7-5(15(9,10)11)16(12,13)14/h2,5H,1H3,(H2,6,7,8)(H2,9,10,11)(H2,12,13,14). The van der Waals surface area contributed by atoms with Crippen molar-refractivity contribution in [2.24, 2.45) is 0 Å². The summed E-state index contributed by atoms with van der Waals surface area (Å²) in [6.45, 7) is 1.56. The fourth-order valence-electron chi connectivity index (χ4n) is 0.986. The van der Waals surface area contributed by atoms with Gasteiger partial charge in [0.05, 0.1) is 6.20 Å². The lowest BCUT2D eigenvalue weighted by Crippen LogP contribution is -2.20. The van der Waals surface area contributed by atoms with Crippen LogP contribution >= 0.6 is 15.2 Å². The molecule has 0 bridgehead atoms. The van der Waals surface area contributed by atoms with Gasteiger partial charge < -0.3 is 24.9 Å². The molecule has 0 saturated carbocycles. The van der Waals surface area contributed by atoms with Gasteiger partial charge in [-0.15, -0.1) is 0 Å². The van der Waals surface area contributed by atoms with Crippen LogP contribution in [0, 0.1) is 6.92 Å². The molecule has 11 heteroatoms. The van der Waals surface area contributed by atoms with Gasteiger partial charge in [0.2, 0.25) is 5.52 Å². The van der Waals surface area contributed by atoms with Gasteiger partial charge in [0.25, 0.3) is 0 Å². The Balaban J connectivity index is 3.03. The van der Waals surface area contributed by atoms with Crippen LogP contribution in [-0.2, 0) is 9.13 Å². The zero-order valence-electron chi connectivity index (χ0n) is 8.10. The van der Waals surface area contributed by atoms with Gasteiger partial charge in [-0.3, -0.25) is 14.2 Å². The molecule has 6 N–H and O–H groups in total. The first-order valence-electron chi connectivity index (χ1n) is 3.99. The molecular weight excluding hydrogens is 260 g/mol. The van der Waals surface area contributed by atoms with Crippen LogP contribution in [0.5, 0.6) is 0 Å². The van der Waals surface area contributed by atoms with E-state index in [-0.39, 0.29) is 5.82 Å². The first-order chi connectivity index (χ1) is 7.12. The summed E-state index contributed by atoms with van der Waals surface area (Å²) < 4.78 is 21.8. The Kier molecular flexibility index (Phi) is 3.59. The summed E-state index contributed by atoms with van der Waals surface area (Å²) in [7, 11) is -9.96. The molecule has 0 atom stereocenters. The number of aromatic nitrogens is 2. The monoisotopic (exact) mass is 271 g/mol. The molecular formula is C5H11N3O6P2. The third-order valence-electron chi connectivity index (χ3n) is 1.74. The molecule has 1 rings (SSSR count). The summed E-state index contributed by atoms with van der Waals surface area (Å²) in [5.41, 5.74) is -1.80. The molecule has 0 fully saturated rings. The van der Waals surface area contributed by atoms with E-state index in [0.29, 0.717) is 5.56 Å². The largest absolute Gasteiger partial charge is 0.360 e. The highest BCUT2D eigenvalue weighted by molar-refractivity contribution is 7.71. The van der Waals surface area contributed by atoms with Gasteiger partial charge in [0, 0.05) is 5.56 Å². The number of aryl methyl sites for hydroxylation is 1. The van der Waals surface area contributed by atoms with E-state index in [0.717, 1.165) is 0 Å². The van der Waals surface area contributed by atoms with Gasteiger partial charge in [-0.1, -0.05) is 0 Å². The summed E-state index contributed by atoms with van der Waals surface area (Å²) in [5, 5.41) is 7.94. The van der Waals surface area contributed by atoms with Crippen LogP contribution in [0.4, 0.5) is 5.82 Å². The van der Waals surface area contributed by atoms with Crippen molar-refractivity contribution < 1.29 is 28.7 Å². The minimum Gasteiger partial charge on any atom is -0.347 e. The van der Waals surface area contributed by atoms with E-state index >= 15 is 0 Å². The molecule has 0 aliphatic rings. The van der Waals surface area contributed by atoms with Crippen LogP contribution in [0.15, 0.2) is 6.20 Å². The highest BCUT2D eigenvalue weighted by Gasteiger charge is 2.43. The van der Waals surface area contributed by atoms with E-state index in [2.05, 4.69) is 15.5 Å². The number of hydrogen-bond acceptors (Lipinski definition) is 4. The van der Waals surface area contributed by atoms with E-state index in [1.54, 1.807) is 6.92 Å². The zero-order valence-corrected chi connectivity index (χ0v) is 9.89. The van der Waals surface area contributed by atoms with Crippen LogP contribution in [0.2, 0.25) is 0 Å². The maximum Gasteiger partial charge on any atom is 0.360 e. The van der Waals surface area contributed by atoms with Crippen molar-refractivity contribution in [2.75, 3.05) is 5.32 Å². The van der Waals surface area contributed by atoms with Crippen molar-refractivity contribution in [3.63, 3.8) is 0 Å². The number of rotatable bonds is 4. The van der Waals surface area contributed by atoms with Gasteiger partial charge in [-0.05, 0) is 6.92 Å². The predicted molar refractivity (Wildman–Crippen MR) is 54.8 cm³/mol. The molecule has 0 aliphatic heterocycles. The zero-order chi connectivity index (χ0) is 12.6. The molecule has 16 heavy (non-hydrogen) atoms. The lowest BCUT2D eigenvalue weighted by molar-refractivity contribution is 0.343. The van der Waals surface area contributed by atoms with E-state index < -0.39 is 20.7 Å². The Hall–Kier alpha value is -0.690. The number of nitrogens with zero attached hydrogens (tertiary/aromatic N) is 1. The topological polar surface area (TPSA) is 156 Å². The van der Waals surface area contributed by atoms with Crippen LogP contribution < -0.4 is 5.32 Å². The molecule has 0 spiro atoms. The maximum atomic E-state index is 10.9. The smallest absolute Gasteiger partial charge is 0.347 e. The molecule has 0 aromatic carbocycles. The molecule has 0 radical (unpaired) electrons. The summed E-state index contributed by atoms with van der Waals surface area (Å²) in [6, 6.07) is 0. The fourth-order valence-corrected chi connectivity index (χ4v) is 3.15. The molecule has 0 amide bonds. The molecule has 0 unspecified atom stereocenters. The molecule has 0 aliphatic carbocycles. The highest BCUT2D eigenvalue weighted by Crippen LogP contribution is 2.59. The van der Waals surface area contributed by atoms with E-state index in [1.165, 1.54) is 6.20 Å². The Morgan fingerprint density at radius 3 is 2.12 bits per heavy atom.